The number of nitro benzene ring substituents is 1. The van der Waals surface area contributed by atoms with Gasteiger partial charge in [-0.15, -0.1) is 11.3 Å². The molecule has 1 saturated heterocycles. The molecule has 0 bridgehead atoms. The van der Waals surface area contributed by atoms with Gasteiger partial charge in [-0.05, 0) is 29.5 Å². The molecule has 30 heavy (non-hydrogen) atoms. The number of aromatic nitrogens is 1. The molecule has 1 N–H and O–H groups in total. The van der Waals surface area contributed by atoms with Gasteiger partial charge in [0.15, 0.2) is 10.3 Å². The van der Waals surface area contributed by atoms with Crippen molar-refractivity contribution in [2.75, 3.05) is 4.90 Å². The fraction of sp³-hybridized carbons (Fsp3) is 0.0500. The van der Waals surface area contributed by atoms with Crippen molar-refractivity contribution >= 4 is 51.1 Å². The third kappa shape index (κ3) is 4.09. The SMILES string of the molecule is N=C1S/C(=C\c2cc([N+](=O)[O-])ccc2OCc2ccccc2)C(=O)N1c1nccs1. The van der Waals surface area contributed by atoms with Gasteiger partial charge in [0.05, 0.1) is 9.83 Å². The summed E-state index contributed by atoms with van der Waals surface area (Å²) in [7, 11) is 0. The third-order valence-corrected chi connectivity index (χ3v) is 5.81. The van der Waals surface area contributed by atoms with Gasteiger partial charge in [-0.2, -0.15) is 0 Å². The second-order valence-corrected chi connectivity index (χ2v) is 8.03. The number of anilines is 1. The molecule has 1 fully saturated rings. The van der Waals surface area contributed by atoms with Crippen LogP contribution in [0.4, 0.5) is 10.8 Å². The standard InChI is InChI=1S/C20H14N4O4S2/c21-19-23(20-22-8-9-29-20)18(25)17(30-19)11-14-10-15(24(26)27)6-7-16(14)28-12-13-4-2-1-3-5-13/h1-11,21H,12H2/b17-11-,21-19?. The van der Waals surface area contributed by atoms with E-state index in [2.05, 4.69) is 4.98 Å². The Labute approximate surface area is 179 Å². The van der Waals surface area contributed by atoms with Crippen LogP contribution in [-0.2, 0) is 11.4 Å². The highest BCUT2D eigenvalue weighted by molar-refractivity contribution is 8.19. The zero-order valence-electron chi connectivity index (χ0n) is 15.3. The average Bonchev–Trinajstić information content (AvgIpc) is 3.35. The number of ether oxygens (including phenoxy) is 1. The Kier molecular flexibility index (Phi) is 5.59. The molecule has 0 atom stereocenters. The number of hydrogen-bond acceptors (Lipinski definition) is 8. The number of nitrogens with zero attached hydrogens (tertiary/aromatic N) is 3. The molecule has 8 nitrogen and oxygen atoms in total. The van der Waals surface area contributed by atoms with E-state index in [1.165, 1.54) is 40.5 Å². The lowest BCUT2D eigenvalue weighted by molar-refractivity contribution is -0.384. The molecule has 10 heteroatoms. The van der Waals surface area contributed by atoms with Gasteiger partial charge in [-0.3, -0.25) is 20.3 Å². The topological polar surface area (TPSA) is 109 Å². The molecule has 0 spiro atoms. The van der Waals surface area contributed by atoms with Crippen LogP contribution in [0.3, 0.4) is 0 Å². The Hall–Kier alpha value is -3.50. The molecule has 1 amide bonds. The lowest BCUT2D eigenvalue weighted by Crippen LogP contribution is -2.27. The number of amides is 1. The maximum Gasteiger partial charge on any atom is 0.273 e. The highest BCUT2D eigenvalue weighted by Crippen LogP contribution is 2.37. The Bertz CT molecular complexity index is 1150. The fourth-order valence-electron chi connectivity index (χ4n) is 2.76. The number of hydrogen-bond donors (Lipinski definition) is 1. The second kappa shape index (κ2) is 8.47. The number of nitro groups is 1. The number of benzene rings is 2. The summed E-state index contributed by atoms with van der Waals surface area (Å²) < 4.78 is 5.86. The van der Waals surface area contributed by atoms with Crippen molar-refractivity contribution in [1.82, 2.24) is 4.98 Å². The van der Waals surface area contributed by atoms with Gasteiger partial charge in [-0.25, -0.2) is 9.88 Å². The molecule has 2 aromatic carbocycles. The summed E-state index contributed by atoms with van der Waals surface area (Å²) >= 11 is 2.22. The van der Waals surface area contributed by atoms with Gasteiger partial charge < -0.3 is 4.74 Å². The van der Waals surface area contributed by atoms with E-state index in [9.17, 15) is 14.9 Å². The molecule has 0 radical (unpaired) electrons. The zero-order chi connectivity index (χ0) is 21.1. The second-order valence-electron chi connectivity index (χ2n) is 6.12. The minimum Gasteiger partial charge on any atom is -0.488 e. The van der Waals surface area contributed by atoms with E-state index in [1.54, 1.807) is 11.6 Å². The Morgan fingerprint density at radius 2 is 2.03 bits per heavy atom. The van der Waals surface area contributed by atoms with E-state index in [-0.39, 0.29) is 22.4 Å². The molecule has 4 rings (SSSR count). The summed E-state index contributed by atoms with van der Waals surface area (Å²) in [5.74, 6) is 0.00467. The van der Waals surface area contributed by atoms with Crippen molar-refractivity contribution < 1.29 is 14.5 Å². The summed E-state index contributed by atoms with van der Waals surface area (Å²) in [6.45, 7) is 0.275. The number of carbonyl (C=O) groups excluding carboxylic acids is 1. The molecule has 0 saturated carbocycles. The molecule has 0 aliphatic carbocycles. The first-order chi connectivity index (χ1) is 14.5. The monoisotopic (exact) mass is 438 g/mol. The van der Waals surface area contributed by atoms with Crippen molar-refractivity contribution in [3.63, 3.8) is 0 Å². The predicted molar refractivity (Wildman–Crippen MR) is 117 cm³/mol. The van der Waals surface area contributed by atoms with Crippen molar-refractivity contribution in [3.8, 4) is 5.75 Å². The number of thioether (sulfide) groups is 1. The van der Waals surface area contributed by atoms with Gasteiger partial charge in [-0.1, -0.05) is 30.3 Å². The quantitative estimate of drug-likeness (QED) is 0.340. The van der Waals surface area contributed by atoms with Crippen LogP contribution in [0.5, 0.6) is 5.75 Å². The van der Waals surface area contributed by atoms with Gasteiger partial charge in [0.1, 0.15) is 12.4 Å². The maximum absolute atomic E-state index is 12.8. The minimum atomic E-state index is -0.503. The van der Waals surface area contributed by atoms with Gasteiger partial charge in [0.2, 0.25) is 0 Å². The zero-order valence-corrected chi connectivity index (χ0v) is 17.0. The first-order valence-electron chi connectivity index (χ1n) is 8.70. The summed E-state index contributed by atoms with van der Waals surface area (Å²) in [5.41, 5.74) is 1.22. The van der Waals surface area contributed by atoms with Crippen molar-refractivity contribution in [2.45, 2.75) is 6.61 Å². The predicted octanol–water partition coefficient (Wildman–Crippen LogP) is 4.69. The van der Waals surface area contributed by atoms with Crippen LogP contribution in [0.1, 0.15) is 11.1 Å². The Morgan fingerprint density at radius 1 is 1.23 bits per heavy atom. The number of non-ortho nitro benzene ring substituents is 1. The highest BCUT2D eigenvalue weighted by atomic mass is 32.2. The van der Waals surface area contributed by atoms with E-state index in [1.807, 2.05) is 30.3 Å². The Morgan fingerprint density at radius 3 is 2.73 bits per heavy atom. The van der Waals surface area contributed by atoms with Gasteiger partial charge in [0, 0.05) is 29.3 Å². The number of nitrogens with one attached hydrogen (secondary N) is 1. The van der Waals surface area contributed by atoms with Crippen molar-refractivity contribution in [1.29, 1.82) is 5.41 Å². The van der Waals surface area contributed by atoms with Crippen LogP contribution in [0.2, 0.25) is 0 Å². The molecular weight excluding hydrogens is 424 g/mol. The average molecular weight is 438 g/mol. The fourth-order valence-corrected chi connectivity index (χ4v) is 4.29. The van der Waals surface area contributed by atoms with Crippen LogP contribution in [0, 0.1) is 15.5 Å². The highest BCUT2D eigenvalue weighted by Gasteiger charge is 2.35. The normalized spacial score (nSPS) is 15.1. The number of rotatable bonds is 6. The molecule has 0 unspecified atom stereocenters. The molecule has 150 valence electrons. The molecule has 1 aliphatic rings. The first kappa shape index (κ1) is 19.8. The lowest BCUT2D eigenvalue weighted by Gasteiger charge is -2.10. The maximum atomic E-state index is 12.8. The first-order valence-corrected chi connectivity index (χ1v) is 10.4. The smallest absolute Gasteiger partial charge is 0.273 e. The van der Waals surface area contributed by atoms with Crippen molar-refractivity contribution in [2.24, 2.45) is 0 Å². The van der Waals surface area contributed by atoms with Crippen LogP contribution >= 0.6 is 23.1 Å². The Balaban J connectivity index is 1.66. The third-order valence-electron chi connectivity index (χ3n) is 4.16. The summed E-state index contributed by atoms with van der Waals surface area (Å²) in [6, 6.07) is 13.7. The minimum absolute atomic E-state index is 0.0263. The molecule has 3 aromatic rings. The van der Waals surface area contributed by atoms with E-state index in [0.717, 1.165) is 17.3 Å². The summed E-state index contributed by atoms with van der Waals surface area (Å²) in [4.78, 5) is 29.1. The molecule has 2 heterocycles. The van der Waals surface area contributed by atoms with Crippen LogP contribution < -0.4 is 9.64 Å². The number of thiazole rings is 1. The van der Waals surface area contributed by atoms with Gasteiger partial charge in [0.25, 0.3) is 11.6 Å². The van der Waals surface area contributed by atoms with Crippen LogP contribution in [0.15, 0.2) is 65.0 Å². The molecular formula is C20H14N4O4S2. The molecule has 1 aromatic heterocycles. The summed E-state index contributed by atoms with van der Waals surface area (Å²) in [6.07, 6.45) is 3.07. The number of carbonyl (C=O) groups is 1. The van der Waals surface area contributed by atoms with E-state index < -0.39 is 10.8 Å². The lowest BCUT2D eigenvalue weighted by atomic mass is 10.1. The van der Waals surface area contributed by atoms with Crippen LogP contribution in [0.25, 0.3) is 6.08 Å². The largest absolute Gasteiger partial charge is 0.488 e. The van der Waals surface area contributed by atoms with Gasteiger partial charge >= 0.3 is 0 Å². The van der Waals surface area contributed by atoms with E-state index in [0.29, 0.717) is 16.4 Å². The number of amidine groups is 1. The van der Waals surface area contributed by atoms with Crippen molar-refractivity contribution in [3.05, 3.63) is 86.3 Å². The molecule has 1 aliphatic heterocycles. The van der Waals surface area contributed by atoms with Crippen LogP contribution in [-0.4, -0.2) is 21.0 Å². The van der Waals surface area contributed by atoms with E-state index in [4.69, 9.17) is 10.1 Å². The summed E-state index contributed by atoms with van der Waals surface area (Å²) in [5, 5.41) is 21.5. The van der Waals surface area contributed by atoms with E-state index >= 15 is 0 Å².